The van der Waals surface area contributed by atoms with Crippen molar-refractivity contribution in [2.24, 2.45) is 5.73 Å². The van der Waals surface area contributed by atoms with Gasteiger partial charge >= 0.3 is 0 Å². The minimum absolute atomic E-state index is 0.171. The zero-order valence-corrected chi connectivity index (χ0v) is 13.0. The molecule has 1 unspecified atom stereocenters. The van der Waals surface area contributed by atoms with Crippen molar-refractivity contribution in [3.63, 3.8) is 0 Å². The van der Waals surface area contributed by atoms with E-state index in [0.717, 1.165) is 20.0 Å². The number of halogens is 1. The predicted octanol–water partition coefficient (Wildman–Crippen LogP) is 3.58. The number of para-hydroxylation sites is 1. The van der Waals surface area contributed by atoms with E-state index in [1.807, 2.05) is 36.4 Å². The predicted molar refractivity (Wildman–Crippen MR) is 81.9 cm³/mol. The van der Waals surface area contributed by atoms with E-state index in [2.05, 4.69) is 15.9 Å². The van der Waals surface area contributed by atoms with E-state index >= 15 is 0 Å². The highest BCUT2D eigenvalue weighted by atomic mass is 79.9. The summed E-state index contributed by atoms with van der Waals surface area (Å²) in [4.78, 5) is 1.11. The molecule has 2 rings (SSSR count). The summed E-state index contributed by atoms with van der Waals surface area (Å²) in [7, 11) is 1.66. The fourth-order valence-electron chi connectivity index (χ4n) is 1.75. The average Bonchev–Trinajstić information content (AvgIpc) is 2.85. The number of methoxy groups -OCH3 is 1. The fourth-order valence-corrected chi connectivity index (χ4v) is 3.20. The summed E-state index contributed by atoms with van der Waals surface area (Å²) in [6.07, 6.45) is 0. The summed E-state index contributed by atoms with van der Waals surface area (Å²) in [6.45, 7) is 1.09. The Hall–Kier alpha value is -0.880. The number of ether oxygens (including phenoxy) is 2. The molecule has 0 aliphatic heterocycles. The first-order valence-electron chi connectivity index (χ1n) is 5.94. The third-order valence-corrected chi connectivity index (χ3v) is 4.41. The molecule has 0 amide bonds. The zero-order valence-electron chi connectivity index (χ0n) is 10.6. The molecule has 1 aromatic heterocycles. The van der Waals surface area contributed by atoms with Gasteiger partial charge in [-0.15, -0.1) is 11.3 Å². The highest BCUT2D eigenvalue weighted by Gasteiger charge is 2.15. The first-order chi connectivity index (χ1) is 9.22. The lowest BCUT2D eigenvalue weighted by Gasteiger charge is -2.15. The van der Waals surface area contributed by atoms with Gasteiger partial charge < -0.3 is 15.2 Å². The normalized spacial score (nSPS) is 12.4. The van der Waals surface area contributed by atoms with Gasteiger partial charge in [0.25, 0.3) is 0 Å². The van der Waals surface area contributed by atoms with Gasteiger partial charge in [-0.3, -0.25) is 0 Å². The van der Waals surface area contributed by atoms with Crippen LogP contribution in [0.5, 0.6) is 5.75 Å². The van der Waals surface area contributed by atoms with Gasteiger partial charge in [0.05, 0.1) is 16.4 Å². The highest BCUT2D eigenvalue weighted by molar-refractivity contribution is 9.11. The summed E-state index contributed by atoms with van der Waals surface area (Å²) in [6, 6.07) is 11.7. The van der Waals surface area contributed by atoms with Gasteiger partial charge in [-0.05, 0) is 34.1 Å². The molecule has 5 heteroatoms. The SMILES string of the molecule is COCCOc1ccccc1C(N)c1ccc(Br)s1. The number of benzene rings is 1. The number of nitrogens with two attached hydrogens (primary N) is 1. The summed E-state index contributed by atoms with van der Waals surface area (Å²) < 4.78 is 11.8. The van der Waals surface area contributed by atoms with E-state index in [-0.39, 0.29) is 6.04 Å². The molecular formula is C14H16BrNO2S. The maximum Gasteiger partial charge on any atom is 0.124 e. The Balaban J connectivity index is 2.18. The molecule has 0 fully saturated rings. The van der Waals surface area contributed by atoms with Crippen LogP contribution in [0, 0.1) is 0 Å². The molecule has 3 nitrogen and oxygen atoms in total. The van der Waals surface area contributed by atoms with Crippen molar-refractivity contribution >= 4 is 27.3 Å². The van der Waals surface area contributed by atoms with Crippen molar-refractivity contribution in [2.75, 3.05) is 20.3 Å². The van der Waals surface area contributed by atoms with Crippen molar-refractivity contribution < 1.29 is 9.47 Å². The van der Waals surface area contributed by atoms with Gasteiger partial charge in [0, 0.05) is 17.6 Å². The van der Waals surface area contributed by atoms with Crippen LogP contribution in [-0.4, -0.2) is 20.3 Å². The quantitative estimate of drug-likeness (QED) is 0.816. The topological polar surface area (TPSA) is 44.5 Å². The summed E-state index contributed by atoms with van der Waals surface area (Å²) in [5.41, 5.74) is 7.31. The molecular weight excluding hydrogens is 326 g/mol. The molecule has 1 heterocycles. The number of rotatable bonds is 6. The van der Waals surface area contributed by atoms with Crippen LogP contribution in [0.15, 0.2) is 40.2 Å². The molecule has 0 aliphatic carbocycles. The maximum absolute atomic E-state index is 6.31. The Morgan fingerprint density at radius 1 is 1.21 bits per heavy atom. The largest absolute Gasteiger partial charge is 0.491 e. The average molecular weight is 342 g/mol. The van der Waals surface area contributed by atoms with Crippen LogP contribution in [0.2, 0.25) is 0 Å². The van der Waals surface area contributed by atoms with Gasteiger partial charge in [0.15, 0.2) is 0 Å². The molecule has 0 bridgehead atoms. The third-order valence-electron chi connectivity index (χ3n) is 2.70. The number of hydrogen-bond acceptors (Lipinski definition) is 4. The number of hydrogen-bond donors (Lipinski definition) is 1. The zero-order chi connectivity index (χ0) is 13.7. The summed E-state index contributed by atoms with van der Waals surface area (Å²) in [5.74, 6) is 0.816. The smallest absolute Gasteiger partial charge is 0.124 e. The van der Waals surface area contributed by atoms with E-state index in [1.54, 1.807) is 18.4 Å². The highest BCUT2D eigenvalue weighted by Crippen LogP contribution is 2.33. The van der Waals surface area contributed by atoms with Crippen LogP contribution in [0.4, 0.5) is 0 Å². The van der Waals surface area contributed by atoms with Crippen molar-refractivity contribution in [1.82, 2.24) is 0 Å². The van der Waals surface area contributed by atoms with E-state index in [4.69, 9.17) is 15.2 Å². The molecule has 19 heavy (non-hydrogen) atoms. The first-order valence-corrected chi connectivity index (χ1v) is 7.55. The molecule has 0 saturated carbocycles. The van der Waals surface area contributed by atoms with Crippen molar-refractivity contribution in [3.05, 3.63) is 50.6 Å². The van der Waals surface area contributed by atoms with Gasteiger partial charge in [-0.2, -0.15) is 0 Å². The Morgan fingerprint density at radius 3 is 2.68 bits per heavy atom. The Bertz CT molecular complexity index is 530. The second-order valence-corrected chi connectivity index (χ2v) is 6.49. The van der Waals surface area contributed by atoms with E-state index in [1.165, 1.54) is 0 Å². The summed E-state index contributed by atoms with van der Waals surface area (Å²) >= 11 is 5.10. The Morgan fingerprint density at radius 2 is 2.00 bits per heavy atom. The molecule has 2 aromatic rings. The second kappa shape index (κ2) is 7.05. The van der Waals surface area contributed by atoms with Crippen LogP contribution < -0.4 is 10.5 Å². The Kier molecular flexibility index (Phi) is 5.39. The standard InChI is InChI=1S/C14H16BrNO2S/c1-17-8-9-18-11-5-3-2-4-10(11)14(16)12-6-7-13(15)19-12/h2-7,14H,8-9,16H2,1H3. The lowest BCUT2D eigenvalue weighted by Crippen LogP contribution is -2.13. The van der Waals surface area contributed by atoms with Gasteiger partial charge in [0.2, 0.25) is 0 Å². The lowest BCUT2D eigenvalue weighted by atomic mass is 10.1. The van der Waals surface area contributed by atoms with E-state index in [9.17, 15) is 0 Å². The monoisotopic (exact) mass is 341 g/mol. The van der Waals surface area contributed by atoms with Crippen LogP contribution in [0.1, 0.15) is 16.5 Å². The van der Waals surface area contributed by atoms with Crippen molar-refractivity contribution in [2.45, 2.75) is 6.04 Å². The maximum atomic E-state index is 6.31. The molecule has 0 radical (unpaired) electrons. The molecule has 0 aliphatic rings. The van der Waals surface area contributed by atoms with Crippen LogP contribution in [0.3, 0.4) is 0 Å². The van der Waals surface area contributed by atoms with Crippen LogP contribution in [0.25, 0.3) is 0 Å². The molecule has 0 saturated heterocycles. The van der Waals surface area contributed by atoms with Gasteiger partial charge in [-0.25, -0.2) is 0 Å². The third kappa shape index (κ3) is 3.79. The first kappa shape index (κ1) is 14.5. The van der Waals surface area contributed by atoms with Crippen LogP contribution in [-0.2, 0) is 4.74 Å². The molecule has 0 spiro atoms. The van der Waals surface area contributed by atoms with Gasteiger partial charge in [-0.1, -0.05) is 18.2 Å². The molecule has 1 aromatic carbocycles. The second-order valence-electron chi connectivity index (χ2n) is 4.00. The van der Waals surface area contributed by atoms with Crippen LogP contribution >= 0.6 is 27.3 Å². The Labute approximate surface area is 125 Å². The van der Waals surface area contributed by atoms with Crippen molar-refractivity contribution in [1.29, 1.82) is 0 Å². The van der Waals surface area contributed by atoms with Gasteiger partial charge in [0.1, 0.15) is 12.4 Å². The lowest BCUT2D eigenvalue weighted by molar-refractivity contribution is 0.145. The fraction of sp³-hybridized carbons (Fsp3) is 0.286. The summed E-state index contributed by atoms with van der Waals surface area (Å²) in [5, 5.41) is 0. The molecule has 1 atom stereocenters. The minimum atomic E-state index is -0.171. The van der Waals surface area contributed by atoms with E-state index in [0.29, 0.717) is 13.2 Å². The van der Waals surface area contributed by atoms with E-state index < -0.39 is 0 Å². The van der Waals surface area contributed by atoms with Crippen molar-refractivity contribution in [3.8, 4) is 5.75 Å². The minimum Gasteiger partial charge on any atom is -0.491 e. The molecule has 2 N–H and O–H groups in total. The molecule has 102 valence electrons. The number of thiophene rings is 1.